The molecule has 2 amide bonds. The standard InChI is InChI=1S/C29H26ClN5O3/c1-17-8-6-11-21(14-17)33-28(36)22-16-31-35-26(19-9-7-10-20(30)15-19)25(18(2)32-27(22)35)29(37)34-23-12-4-5-13-24(23)38-3/h4-16,26,32H,1-3H3,(H,33,36)(H,34,37)/t26-/m0/s1. The molecule has 9 heteroatoms. The summed E-state index contributed by atoms with van der Waals surface area (Å²) in [5.74, 6) is 0.365. The van der Waals surface area contributed by atoms with E-state index in [9.17, 15) is 9.59 Å². The molecule has 0 bridgehead atoms. The summed E-state index contributed by atoms with van der Waals surface area (Å²) in [4.78, 5) is 27.0. The van der Waals surface area contributed by atoms with Gasteiger partial charge in [0.2, 0.25) is 0 Å². The molecule has 0 spiro atoms. The van der Waals surface area contributed by atoms with Gasteiger partial charge in [0.05, 0.1) is 24.6 Å². The molecule has 0 radical (unpaired) electrons. The van der Waals surface area contributed by atoms with Gasteiger partial charge in [-0.1, -0.05) is 48.0 Å². The van der Waals surface area contributed by atoms with Crippen LogP contribution in [0.1, 0.15) is 34.5 Å². The molecule has 0 fully saturated rings. The number of methoxy groups -OCH3 is 1. The monoisotopic (exact) mass is 527 g/mol. The van der Waals surface area contributed by atoms with E-state index in [1.165, 1.54) is 6.20 Å². The zero-order chi connectivity index (χ0) is 26.8. The first kappa shape index (κ1) is 25.1. The highest BCUT2D eigenvalue weighted by molar-refractivity contribution is 6.30. The molecule has 0 saturated carbocycles. The van der Waals surface area contributed by atoms with Gasteiger partial charge in [-0.25, -0.2) is 4.68 Å². The normalized spacial score (nSPS) is 14.4. The lowest BCUT2D eigenvalue weighted by molar-refractivity contribution is -0.113. The Labute approximate surface area is 225 Å². The molecule has 3 aromatic carbocycles. The fourth-order valence-corrected chi connectivity index (χ4v) is 4.76. The largest absolute Gasteiger partial charge is 0.495 e. The molecule has 5 rings (SSSR count). The minimum absolute atomic E-state index is 0.316. The second-order valence-electron chi connectivity index (χ2n) is 8.95. The number of rotatable bonds is 6. The first-order chi connectivity index (χ1) is 18.4. The molecule has 3 N–H and O–H groups in total. The smallest absolute Gasteiger partial charge is 0.261 e. The number of halogens is 1. The molecule has 1 atom stereocenters. The van der Waals surface area contributed by atoms with E-state index in [2.05, 4.69) is 21.0 Å². The van der Waals surface area contributed by atoms with E-state index in [4.69, 9.17) is 16.3 Å². The Hall–Kier alpha value is -4.56. The van der Waals surface area contributed by atoms with E-state index >= 15 is 0 Å². The summed E-state index contributed by atoms with van der Waals surface area (Å²) in [6, 6.07) is 21.4. The number of allylic oxidation sites excluding steroid dienone is 1. The van der Waals surface area contributed by atoms with Gasteiger partial charge in [0.15, 0.2) is 0 Å². The lowest BCUT2D eigenvalue weighted by Gasteiger charge is -2.30. The third-order valence-electron chi connectivity index (χ3n) is 6.31. The van der Waals surface area contributed by atoms with Crippen LogP contribution in [0.15, 0.2) is 90.3 Å². The van der Waals surface area contributed by atoms with Crippen LogP contribution in [0.4, 0.5) is 17.2 Å². The van der Waals surface area contributed by atoms with Gasteiger partial charge < -0.3 is 20.7 Å². The minimum atomic E-state index is -0.639. The number of carbonyl (C=O) groups excluding carboxylic acids is 2. The summed E-state index contributed by atoms with van der Waals surface area (Å²) in [6.07, 6.45) is 1.50. The molecular formula is C29H26ClN5O3. The predicted octanol–water partition coefficient (Wildman–Crippen LogP) is 6.03. The maximum absolute atomic E-state index is 13.7. The molecule has 0 aliphatic carbocycles. The van der Waals surface area contributed by atoms with E-state index < -0.39 is 6.04 Å². The number of hydrogen-bond donors (Lipinski definition) is 3. The third kappa shape index (κ3) is 4.86. The van der Waals surface area contributed by atoms with Crippen LogP contribution < -0.4 is 20.7 Å². The van der Waals surface area contributed by atoms with E-state index in [1.807, 2.05) is 55.5 Å². The first-order valence-corrected chi connectivity index (χ1v) is 12.4. The Bertz CT molecular complexity index is 1580. The van der Waals surface area contributed by atoms with Crippen molar-refractivity contribution >= 4 is 40.6 Å². The highest BCUT2D eigenvalue weighted by Gasteiger charge is 2.35. The van der Waals surface area contributed by atoms with Gasteiger partial charge >= 0.3 is 0 Å². The summed E-state index contributed by atoms with van der Waals surface area (Å²) in [7, 11) is 1.55. The van der Waals surface area contributed by atoms with Crippen LogP contribution in [-0.4, -0.2) is 28.7 Å². The number of carbonyl (C=O) groups is 2. The quantitative estimate of drug-likeness (QED) is 0.284. The van der Waals surface area contributed by atoms with Crippen LogP contribution >= 0.6 is 11.6 Å². The molecule has 38 heavy (non-hydrogen) atoms. The minimum Gasteiger partial charge on any atom is -0.495 e. The third-order valence-corrected chi connectivity index (χ3v) is 6.54. The molecule has 1 aliphatic rings. The molecule has 0 saturated heterocycles. The number of fused-ring (bicyclic) bond motifs is 1. The average Bonchev–Trinajstić information content (AvgIpc) is 3.31. The number of hydrogen-bond acceptors (Lipinski definition) is 5. The predicted molar refractivity (Wildman–Crippen MR) is 149 cm³/mol. The number of para-hydroxylation sites is 2. The van der Waals surface area contributed by atoms with Crippen molar-refractivity contribution < 1.29 is 14.3 Å². The number of ether oxygens (including phenoxy) is 1. The van der Waals surface area contributed by atoms with Gasteiger partial charge in [-0.3, -0.25) is 9.59 Å². The zero-order valence-electron chi connectivity index (χ0n) is 21.1. The van der Waals surface area contributed by atoms with Crippen LogP contribution in [-0.2, 0) is 4.79 Å². The fourth-order valence-electron chi connectivity index (χ4n) is 4.56. The lowest BCUT2D eigenvalue weighted by atomic mass is 9.94. The number of aryl methyl sites for hydroxylation is 1. The molecule has 8 nitrogen and oxygen atoms in total. The fraction of sp³-hybridized carbons (Fsp3) is 0.138. The molecule has 1 aliphatic heterocycles. The molecule has 1 aromatic heterocycles. The van der Waals surface area contributed by atoms with Crippen molar-refractivity contribution in [1.82, 2.24) is 9.78 Å². The maximum atomic E-state index is 13.7. The van der Waals surface area contributed by atoms with E-state index in [1.54, 1.807) is 43.0 Å². The Morgan fingerprint density at radius 2 is 1.76 bits per heavy atom. The summed E-state index contributed by atoms with van der Waals surface area (Å²) < 4.78 is 7.04. The highest BCUT2D eigenvalue weighted by Crippen LogP contribution is 2.39. The number of nitrogens with zero attached hydrogens (tertiary/aromatic N) is 2. The second-order valence-corrected chi connectivity index (χ2v) is 9.39. The Kier molecular flexibility index (Phi) is 6.89. The van der Waals surface area contributed by atoms with Crippen molar-refractivity contribution in [3.63, 3.8) is 0 Å². The first-order valence-electron chi connectivity index (χ1n) is 12.0. The van der Waals surface area contributed by atoms with Crippen LogP contribution in [0, 0.1) is 6.92 Å². The van der Waals surface area contributed by atoms with E-state index in [0.29, 0.717) is 44.8 Å². The SMILES string of the molecule is COc1ccccc1NC(=O)C1=C(C)Nc2c(C(=O)Nc3cccc(C)c3)cnn2[C@H]1c1cccc(Cl)c1. The number of benzene rings is 3. The van der Waals surface area contributed by atoms with Crippen LogP contribution in [0.25, 0.3) is 0 Å². The Balaban J connectivity index is 1.55. The maximum Gasteiger partial charge on any atom is 0.261 e. The second kappa shape index (κ2) is 10.4. The summed E-state index contributed by atoms with van der Waals surface area (Å²) >= 11 is 6.34. The lowest BCUT2D eigenvalue weighted by Crippen LogP contribution is -2.32. The number of aromatic nitrogens is 2. The van der Waals surface area contributed by atoms with Gasteiger partial charge in [0.25, 0.3) is 11.8 Å². The Morgan fingerprint density at radius 1 is 0.974 bits per heavy atom. The van der Waals surface area contributed by atoms with Crippen molar-refractivity contribution in [1.29, 1.82) is 0 Å². The molecule has 0 unspecified atom stereocenters. The van der Waals surface area contributed by atoms with Crippen molar-refractivity contribution in [3.05, 3.63) is 112 Å². The van der Waals surface area contributed by atoms with Gasteiger partial charge in [-0.15, -0.1) is 0 Å². The van der Waals surface area contributed by atoms with Crippen LogP contribution in [0.2, 0.25) is 5.02 Å². The zero-order valence-corrected chi connectivity index (χ0v) is 21.8. The van der Waals surface area contributed by atoms with E-state index in [-0.39, 0.29) is 11.8 Å². The summed E-state index contributed by atoms with van der Waals surface area (Å²) in [5, 5.41) is 14.2. The van der Waals surface area contributed by atoms with E-state index in [0.717, 1.165) is 11.1 Å². The molecule has 2 heterocycles. The molecular weight excluding hydrogens is 502 g/mol. The Morgan fingerprint density at radius 3 is 2.53 bits per heavy atom. The van der Waals surface area contributed by atoms with Crippen LogP contribution in [0.5, 0.6) is 5.75 Å². The molecule has 4 aromatic rings. The van der Waals surface area contributed by atoms with Gasteiger partial charge in [0, 0.05) is 16.4 Å². The van der Waals surface area contributed by atoms with Crippen molar-refractivity contribution in [2.75, 3.05) is 23.1 Å². The topological polar surface area (TPSA) is 97.3 Å². The summed E-state index contributed by atoms with van der Waals surface area (Å²) in [5.41, 5.74) is 4.36. The van der Waals surface area contributed by atoms with Crippen molar-refractivity contribution in [2.24, 2.45) is 0 Å². The number of anilines is 3. The van der Waals surface area contributed by atoms with Gasteiger partial charge in [0.1, 0.15) is 23.2 Å². The number of amides is 2. The average molecular weight is 528 g/mol. The van der Waals surface area contributed by atoms with Crippen molar-refractivity contribution in [2.45, 2.75) is 19.9 Å². The summed E-state index contributed by atoms with van der Waals surface area (Å²) in [6.45, 7) is 3.76. The van der Waals surface area contributed by atoms with Crippen LogP contribution in [0.3, 0.4) is 0 Å². The molecule has 192 valence electrons. The number of nitrogens with one attached hydrogen (secondary N) is 3. The highest BCUT2D eigenvalue weighted by atomic mass is 35.5. The van der Waals surface area contributed by atoms with Crippen molar-refractivity contribution in [3.8, 4) is 5.75 Å². The van der Waals surface area contributed by atoms with Gasteiger partial charge in [-0.2, -0.15) is 5.10 Å². The van der Waals surface area contributed by atoms with Gasteiger partial charge in [-0.05, 0) is 61.4 Å².